The number of amides is 1. The Kier molecular flexibility index (Phi) is 5.52. The third-order valence-electron chi connectivity index (χ3n) is 3.85. The summed E-state index contributed by atoms with van der Waals surface area (Å²) in [6.07, 6.45) is 0.557. The van der Waals surface area contributed by atoms with E-state index in [9.17, 15) is 9.59 Å². The van der Waals surface area contributed by atoms with E-state index in [1.54, 1.807) is 25.5 Å². The first-order valence-electron chi connectivity index (χ1n) is 7.17. The van der Waals surface area contributed by atoms with E-state index in [2.05, 4.69) is 10.4 Å². The average Bonchev–Trinajstić information content (AvgIpc) is 2.61. The number of aryl methyl sites for hydroxylation is 2. The molecule has 0 spiro atoms. The summed E-state index contributed by atoms with van der Waals surface area (Å²) in [5.74, 6) is -1.69. The van der Waals surface area contributed by atoms with E-state index >= 15 is 0 Å². The lowest BCUT2D eigenvalue weighted by atomic mass is 9.97. The minimum atomic E-state index is -1.00. The zero-order valence-corrected chi connectivity index (χ0v) is 13.6. The highest BCUT2D eigenvalue weighted by Gasteiger charge is 2.26. The molecule has 2 N–H and O–H groups in total. The minimum absolute atomic E-state index is 0.152. The third-order valence-corrected chi connectivity index (χ3v) is 3.85. The Hall–Kier alpha value is -1.85. The van der Waals surface area contributed by atoms with Crippen molar-refractivity contribution in [2.75, 3.05) is 0 Å². The van der Waals surface area contributed by atoms with Crippen molar-refractivity contribution >= 4 is 11.9 Å². The summed E-state index contributed by atoms with van der Waals surface area (Å²) in [5.41, 5.74) is 3.00. The standard InChI is InChI=1S/C15H25N3O3/c1-8(2)13(15(20)21)16-14(19)9(3)7-12-10(4)17-18(6)11(12)5/h8-9,13H,7H2,1-6H3,(H,16,19)(H,20,21)/t9?,13-/m0/s1. The van der Waals surface area contributed by atoms with Gasteiger partial charge in [-0.1, -0.05) is 20.8 Å². The van der Waals surface area contributed by atoms with Crippen LogP contribution in [0.15, 0.2) is 0 Å². The lowest BCUT2D eigenvalue weighted by Crippen LogP contribution is -2.46. The molecule has 0 aliphatic rings. The molecular formula is C15H25N3O3. The quantitative estimate of drug-likeness (QED) is 0.831. The van der Waals surface area contributed by atoms with Crippen molar-refractivity contribution < 1.29 is 14.7 Å². The zero-order valence-electron chi connectivity index (χ0n) is 13.6. The summed E-state index contributed by atoms with van der Waals surface area (Å²) in [4.78, 5) is 23.3. The number of rotatable bonds is 6. The van der Waals surface area contributed by atoms with Gasteiger partial charge in [-0.25, -0.2) is 4.79 Å². The van der Waals surface area contributed by atoms with Crippen LogP contribution in [0.2, 0.25) is 0 Å². The van der Waals surface area contributed by atoms with Gasteiger partial charge in [-0.3, -0.25) is 9.48 Å². The molecule has 6 nitrogen and oxygen atoms in total. The second-order valence-electron chi connectivity index (χ2n) is 5.95. The predicted molar refractivity (Wildman–Crippen MR) is 80.0 cm³/mol. The lowest BCUT2D eigenvalue weighted by Gasteiger charge is -2.20. The van der Waals surface area contributed by atoms with Gasteiger partial charge in [-0.2, -0.15) is 5.10 Å². The molecule has 1 unspecified atom stereocenters. The molecule has 0 bridgehead atoms. The van der Waals surface area contributed by atoms with Gasteiger partial charge in [0.15, 0.2) is 0 Å². The van der Waals surface area contributed by atoms with E-state index in [0.717, 1.165) is 17.0 Å². The van der Waals surface area contributed by atoms with Crippen molar-refractivity contribution in [2.45, 2.75) is 47.1 Å². The molecule has 0 aromatic carbocycles. The topological polar surface area (TPSA) is 84.2 Å². The number of aliphatic carboxylic acids is 1. The number of carbonyl (C=O) groups is 2. The maximum absolute atomic E-state index is 12.2. The molecule has 2 atom stereocenters. The molecule has 0 saturated carbocycles. The molecule has 6 heteroatoms. The fourth-order valence-electron chi connectivity index (χ4n) is 2.32. The molecule has 1 rings (SSSR count). The summed E-state index contributed by atoms with van der Waals surface area (Å²) in [7, 11) is 1.87. The highest BCUT2D eigenvalue weighted by atomic mass is 16.4. The Bertz CT molecular complexity index is 535. The molecule has 0 fully saturated rings. The minimum Gasteiger partial charge on any atom is -0.480 e. The SMILES string of the molecule is Cc1nn(C)c(C)c1CC(C)C(=O)N[C@H](C(=O)O)C(C)C. The van der Waals surface area contributed by atoms with Gasteiger partial charge in [0.05, 0.1) is 5.69 Å². The molecule has 0 aliphatic carbocycles. The Balaban J connectivity index is 2.77. The predicted octanol–water partition coefficient (Wildman–Crippen LogP) is 1.44. The van der Waals surface area contributed by atoms with Crippen molar-refractivity contribution in [2.24, 2.45) is 18.9 Å². The number of carboxylic acids is 1. The van der Waals surface area contributed by atoms with Gasteiger partial charge in [0, 0.05) is 18.7 Å². The lowest BCUT2D eigenvalue weighted by molar-refractivity contribution is -0.143. The number of hydrogen-bond donors (Lipinski definition) is 2. The number of carboxylic acid groups (broad SMARTS) is 1. The van der Waals surface area contributed by atoms with E-state index in [0.29, 0.717) is 6.42 Å². The largest absolute Gasteiger partial charge is 0.480 e. The van der Waals surface area contributed by atoms with Crippen LogP contribution >= 0.6 is 0 Å². The van der Waals surface area contributed by atoms with Crippen LogP contribution in [-0.4, -0.2) is 32.8 Å². The van der Waals surface area contributed by atoms with Gasteiger partial charge >= 0.3 is 5.97 Å². The smallest absolute Gasteiger partial charge is 0.326 e. The molecule has 1 heterocycles. The maximum atomic E-state index is 12.2. The fourth-order valence-corrected chi connectivity index (χ4v) is 2.32. The van der Waals surface area contributed by atoms with Crippen LogP contribution in [0.5, 0.6) is 0 Å². The van der Waals surface area contributed by atoms with Gasteiger partial charge in [-0.15, -0.1) is 0 Å². The highest BCUT2D eigenvalue weighted by Crippen LogP contribution is 2.17. The molecule has 1 aromatic rings. The summed E-state index contributed by atoms with van der Waals surface area (Å²) in [5, 5.41) is 16.1. The molecule has 1 aromatic heterocycles. The Morgan fingerprint density at radius 1 is 1.29 bits per heavy atom. The summed E-state index contributed by atoms with van der Waals surface area (Å²) >= 11 is 0. The number of nitrogens with one attached hydrogen (secondary N) is 1. The number of aromatic nitrogens is 2. The summed E-state index contributed by atoms with van der Waals surface area (Å²) < 4.78 is 1.80. The van der Waals surface area contributed by atoms with E-state index in [-0.39, 0.29) is 17.7 Å². The fraction of sp³-hybridized carbons (Fsp3) is 0.667. The third kappa shape index (κ3) is 4.06. The van der Waals surface area contributed by atoms with Crippen molar-refractivity contribution in [3.63, 3.8) is 0 Å². The number of hydrogen-bond acceptors (Lipinski definition) is 3. The van der Waals surface area contributed by atoms with Crippen LogP contribution in [0, 0.1) is 25.7 Å². The molecule has 0 saturated heterocycles. The van der Waals surface area contributed by atoms with Crippen LogP contribution in [0.4, 0.5) is 0 Å². The van der Waals surface area contributed by atoms with Crippen LogP contribution in [-0.2, 0) is 23.1 Å². The zero-order chi connectivity index (χ0) is 16.3. The highest BCUT2D eigenvalue weighted by molar-refractivity contribution is 5.85. The van der Waals surface area contributed by atoms with E-state index in [1.165, 1.54) is 0 Å². The second kappa shape index (κ2) is 6.74. The first kappa shape index (κ1) is 17.2. The van der Waals surface area contributed by atoms with E-state index < -0.39 is 12.0 Å². The summed E-state index contributed by atoms with van der Waals surface area (Å²) in [6.45, 7) is 9.24. The van der Waals surface area contributed by atoms with Crippen molar-refractivity contribution in [1.29, 1.82) is 0 Å². The molecule has 21 heavy (non-hydrogen) atoms. The number of nitrogens with zero attached hydrogens (tertiary/aromatic N) is 2. The van der Waals surface area contributed by atoms with Gasteiger partial charge in [0.25, 0.3) is 0 Å². The van der Waals surface area contributed by atoms with Crippen molar-refractivity contribution in [3.8, 4) is 0 Å². The van der Waals surface area contributed by atoms with Crippen molar-refractivity contribution in [1.82, 2.24) is 15.1 Å². The van der Waals surface area contributed by atoms with Gasteiger partial charge in [-0.05, 0) is 31.7 Å². The molecular weight excluding hydrogens is 270 g/mol. The molecule has 0 radical (unpaired) electrons. The molecule has 1 amide bonds. The Morgan fingerprint density at radius 3 is 2.24 bits per heavy atom. The van der Waals surface area contributed by atoms with E-state index in [1.807, 2.05) is 20.9 Å². The van der Waals surface area contributed by atoms with Gasteiger partial charge in [0.1, 0.15) is 6.04 Å². The monoisotopic (exact) mass is 295 g/mol. The molecule has 0 aliphatic heterocycles. The Morgan fingerprint density at radius 2 is 1.86 bits per heavy atom. The van der Waals surface area contributed by atoms with Crippen LogP contribution in [0.3, 0.4) is 0 Å². The van der Waals surface area contributed by atoms with Gasteiger partial charge in [0.2, 0.25) is 5.91 Å². The van der Waals surface area contributed by atoms with Crippen molar-refractivity contribution in [3.05, 3.63) is 17.0 Å². The van der Waals surface area contributed by atoms with Crippen LogP contribution in [0.25, 0.3) is 0 Å². The Labute approximate surface area is 125 Å². The molecule has 118 valence electrons. The van der Waals surface area contributed by atoms with Crippen LogP contribution in [0.1, 0.15) is 37.7 Å². The first-order valence-corrected chi connectivity index (χ1v) is 7.17. The van der Waals surface area contributed by atoms with E-state index in [4.69, 9.17) is 5.11 Å². The normalized spacial score (nSPS) is 14.0. The summed E-state index contributed by atoms with van der Waals surface area (Å²) in [6, 6.07) is -0.851. The first-order chi connectivity index (χ1) is 9.65. The maximum Gasteiger partial charge on any atom is 0.326 e. The van der Waals surface area contributed by atoms with Crippen LogP contribution < -0.4 is 5.32 Å². The van der Waals surface area contributed by atoms with Gasteiger partial charge < -0.3 is 10.4 Å². The average molecular weight is 295 g/mol. The number of carbonyl (C=O) groups excluding carboxylic acids is 1. The second-order valence-corrected chi connectivity index (χ2v) is 5.95.